The molecule has 4 rings (SSSR count). The fourth-order valence-electron chi connectivity index (χ4n) is 5.01. The lowest BCUT2D eigenvalue weighted by molar-refractivity contribution is 0.351. The molecule has 0 aromatic carbocycles. The van der Waals surface area contributed by atoms with Gasteiger partial charge in [-0.25, -0.2) is 15.0 Å². The zero-order valence-electron chi connectivity index (χ0n) is 20.2. The summed E-state index contributed by atoms with van der Waals surface area (Å²) in [6, 6.07) is 2.34. The second kappa shape index (κ2) is 8.07. The van der Waals surface area contributed by atoms with Crippen LogP contribution in [0.1, 0.15) is 107 Å². The van der Waals surface area contributed by atoms with Gasteiger partial charge >= 0.3 is 0 Å². The van der Waals surface area contributed by atoms with Gasteiger partial charge in [0, 0.05) is 28.2 Å². The van der Waals surface area contributed by atoms with E-state index in [0.29, 0.717) is 17.7 Å². The third kappa shape index (κ3) is 4.28. The van der Waals surface area contributed by atoms with E-state index in [2.05, 4.69) is 45.7 Å². The highest BCUT2D eigenvalue weighted by molar-refractivity contribution is 5.47. The third-order valence-electron chi connectivity index (χ3n) is 6.86. The van der Waals surface area contributed by atoms with Crippen LogP contribution >= 0.6 is 0 Å². The van der Waals surface area contributed by atoms with Gasteiger partial charge in [-0.05, 0) is 55.1 Å². The molecule has 168 valence electrons. The van der Waals surface area contributed by atoms with Crippen molar-refractivity contribution in [1.82, 2.24) is 15.0 Å². The van der Waals surface area contributed by atoms with Crippen molar-refractivity contribution in [3.63, 3.8) is 0 Å². The molecule has 0 atom stereocenters. The first kappa shape index (κ1) is 22.0. The van der Waals surface area contributed by atoms with Gasteiger partial charge in [0.2, 0.25) is 11.8 Å². The molecule has 0 amide bonds. The van der Waals surface area contributed by atoms with Gasteiger partial charge < -0.3 is 9.47 Å². The Bertz CT molecular complexity index is 954. The molecule has 0 aliphatic heterocycles. The molecular formula is C26H37N3O2. The average molecular weight is 424 g/mol. The molecule has 2 fully saturated rings. The van der Waals surface area contributed by atoms with E-state index < -0.39 is 0 Å². The zero-order valence-corrected chi connectivity index (χ0v) is 20.2. The minimum absolute atomic E-state index is 0.00179. The van der Waals surface area contributed by atoms with Crippen LogP contribution in [-0.2, 0) is 17.3 Å². The fourth-order valence-corrected chi connectivity index (χ4v) is 5.01. The maximum absolute atomic E-state index is 5.82. The summed E-state index contributed by atoms with van der Waals surface area (Å²) in [6.07, 6.45) is 8.61. The van der Waals surface area contributed by atoms with Crippen molar-refractivity contribution in [2.45, 2.75) is 95.8 Å². The average Bonchev–Trinajstić information content (AvgIpc) is 3.49. The maximum atomic E-state index is 5.82. The maximum Gasteiger partial charge on any atom is 0.220 e. The molecular weight excluding hydrogens is 386 g/mol. The molecule has 0 saturated heterocycles. The van der Waals surface area contributed by atoms with Crippen molar-refractivity contribution in [3.8, 4) is 11.8 Å². The number of rotatable bonds is 7. The van der Waals surface area contributed by atoms with Crippen LogP contribution in [0.5, 0.6) is 11.8 Å². The van der Waals surface area contributed by atoms with Crippen molar-refractivity contribution in [2.24, 2.45) is 0 Å². The summed E-state index contributed by atoms with van der Waals surface area (Å²) in [7, 11) is 3.45. The third-order valence-corrected chi connectivity index (χ3v) is 6.86. The Morgan fingerprint density at radius 2 is 1.55 bits per heavy atom. The number of methoxy groups -OCH3 is 2. The molecule has 2 saturated carbocycles. The van der Waals surface area contributed by atoms with Crippen molar-refractivity contribution in [1.29, 1.82) is 0 Å². The quantitative estimate of drug-likeness (QED) is 0.559. The first-order chi connectivity index (χ1) is 14.7. The van der Waals surface area contributed by atoms with E-state index in [1.807, 2.05) is 0 Å². The minimum Gasteiger partial charge on any atom is -0.481 e. The lowest BCUT2D eigenvalue weighted by Gasteiger charge is -2.34. The second-order valence-corrected chi connectivity index (χ2v) is 10.9. The van der Waals surface area contributed by atoms with E-state index in [9.17, 15) is 0 Å². The zero-order chi connectivity index (χ0) is 22.4. The van der Waals surface area contributed by atoms with Gasteiger partial charge in [0.1, 0.15) is 6.33 Å². The highest BCUT2D eigenvalue weighted by Gasteiger charge is 2.37. The summed E-state index contributed by atoms with van der Waals surface area (Å²) in [4.78, 5) is 14.2. The van der Waals surface area contributed by atoms with Crippen LogP contribution in [0.3, 0.4) is 0 Å². The van der Waals surface area contributed by atoms with Crippen molar-refractivity contribution >= 4 is 0 Å². The molecule has 0 spiro atoms. The Balaban J connectivity index is 1.77. The summed E-state index contributed by atoms with van der Waals surface area (Å²) in [5.74, 6) is 2.62. The van der Waals surface area contributed by atoms with Crippen molar-refractivity contribution in [2.75, 3.05) is 14.2 Å². The molecule has 5 heteroatoms. The van der Waals surface area contributed by atoms with Crippen LogP contribution in [0.4, 0.5) is 0 Å². The molecule has 2 aromatic rings. The first-order valence-electron chi connectivity index (χ1n) is 11.6. The number of ether oxygens (including phenoxy) is 2. The van der Waals surface area contributed by atoms with Gasteiger partial charge in [0.25, 0.3) is 0 Å². The lowest BCUT2D eigenvalue weighted by Crippen LogP contribution is -2.28. The number of pyridine rings is 1. The molecule has 31 heavy (non-hydrogen) atoms. The topological polar surface area (TPSA) is 57.1 Å². The summed E-state index contributed by atoms with van der Waals surface area (Å²) in [5.41, 5.74) is 5.83. The van der Waals surface area contributed by atoms with Gasteiger partial charge in [-0.3, -0.25) is 0 Å². The Hall–Kier alpha value is -2.17. The van der Waals surface area contributed by atoms with E-state index in [0.717, 1.165) is 29.3 Å². The predicted octanol–water partition coefficient (Wildman–Crippen LogP) is 5.85. The predicted molar refractivity (Wildman–Crippen MR) is 123 cm³/mol. The highest BCUT2D eigenvalue weighted by Crippen LogP contribution is 2.48. The number of hydrogen-bond donors (Lipinski definition) is 0. The number of aromatic nitrogens is 3. The molecule has 2 aromatic heterocycles. The Morgan fingerprint density at radius 1 is 0.871 bits per heavy atom. The highest BCUT2D eigenvalue weighted by atomic mass is 16.5. The van der Waals surface area contributed by atoms with Gasteiger partial charge in [-0.2, -0.15) is 0 Å². The minimum atomic E-state index is -0.209. The monoisotopic (exact) mass is 423 g/mol. The lowest BCUT2D eigenvalue weighted by atomic mass is 9.73. The van der Waals surface area contributed by atoms with Crippen molar-refractivity contribution in [3.05, 3.63) is 40.5 Å². The van der Waals surface area contributed by atoms with Gasteiger partial charge in [0.15, 0.2) is 0 Å². The van der Waals surface area contributed by atoms with E-state index in [-0.39, 0.29) is 10.8 Å². The number of nitrogens with zero attached hydrogens (tertiary/aromatic N) is 3. The van der Waals surface area contributed by atoms with E-state index in [1.54, 1.807) is 20.5 Å². The standard InChI is InChI=1S/C26H37N3O2/c1-25(2,3)20-19(16-11-12-16)13-18(29-24(20)31-7)14-26(4,5)21-22(17-9-8-10-17)27-15-28-23(21)30-6/h13,15-17H,8-12,14H2,1-7H3. The molecule has 0 unspecified atom stereocenters. The molecule has 0 N–H and O–H groups in total. The molecule has 5 nitrogen and oxygen atoms in total. The number of hydrogen-bond acceptors (Lipinski definition) is 5. The van der Waals surface area contributed by atoms with Gasteiger partial charge in [-0.1, -0.05) is 41.0 Å². The summed E-state index contributed by atoms with van der Waals surface area (Å²) < 4.78 is 11.5. The van der Waals surface area contributed by atoms with E-state index in [4.69, 9.17) is 19.4 Å². The van der Waals surface area contributed by atoms with Crippen LogP contribution in [0.2, 0.25) is 0 Å². The Kier molecular flexibility index (Phi) is 5.74. The largest absolute Gasteiger partial charge is 0.481 e. The van der Waals surface area contributed by atoms with Crippen LogP contribution in [0.15, 0.2) is 12.4 Å². The summed E-state index contributed by atoms with van der Waals surface area (Å²) in [6.45, 7) is 11.3. The van der Waals surface area contributed by atoms with Crippen LogP contribution in [-0.4, -0.2) is 29.2 Å². The summed E-state index contributed by atoms with van der Waals surface area (Å²) >= 11 is 0. The fraction of sp³-hybridized carbons (Fsp3) is 0.654. The SMILES string of the molecule is COc1nc(CC(C)(C)c2c(OC)ncnc2C2CCC2)cc(C2CC2)c1C(C)(C)C. The molecule has 2 heterocycles. The van der Waals surface area contributed by atoms with Crippen LogP contribution < -0.4 is 9.47 Å². The van der Waals surface area contributed by atoms with E-state index in [1.165, 1.54) is 43.2 Å². The first-order valence-corrected chi connectivity index (χ1v) is 11.6. The Labute approximate surface area is 187 Å². The summed E-state index contributed by atoms with van der Waals surface area (Å²) in [5, 5.41) is 0. The molecule has 2 aliphatic carbocycles. The second-order valence-electron chi connectivity index (χ2n) is 10.9. The molecule has 2 aliphatic rings. The Morgan fingerprint density at radius 3 is 2.06 bits per heavy atom. The molecule has 0 radical (unpaired) electrons. The van der Waals surface area contributed by atoms with Crippen molar-refractivity contribution < 1.29 is 9.47 Å². The van der Waals surface area contributed by atoms with Crippen LogP contribution in [0, 0.1) is 0 Å². The molecule has 0 bridgehead atoms. The smallest absolute Gasteiger partial charge is 0.220 e. The van der Waals surface area contributed by atoms with E-state index >= 15 is 0 Å². The van der Waals surface area contributed by atoms with Crippen LogP contribution in [0.25, 0.3) is 0 Å². The normalized spacial score (nSPS) is 17.4. The van der Waals surface area contributed by atoms with Gasteiger partial charge in [-0.15, -0.1) is 0 Å². The van der Waals surface area contributed by atoms with Gasteiger partial charge in [0.05, 0.1) is 19.9 Å².